The Bertz CT molecular complexity index is 1230. The molecule has 0 saturated carbocycles. The van der Waals surface area contributed by atoms with Gasteiger partial charge in [0, 0.05) is 18.5 Å². The quantitative estimate of drug-likeness (QED) is 0.397. The van der Waals surface area contributed by atoms with Crippen molar-refractivity contribution in [3.8, 4) is 0 Å². The van der Waals surface area contributed by atoms with E-state index in [9.17, 15) is 18.0 Å². The van der Waals surface area contributed by atoms with E-state index in [1.807, 2.05) is 6.07 Å². The molecule has 9 heteroatoms. The van der Waals surface area contributed by atoms with Crippen molar-refractivity contribution in [1.82, 2.24) is 4.31 Å². The highest BCUT2D eigenvalue weighted by Gasteiger charge is 2.33. The van der Waals surface area contributed by atoms with E-state index in [0.29, 0.717) is 21.7 Å². The first-order chi connectivity index (χ1) is 16.2. The molecule has 0 amide bonds. The Morgan fingerprint density at radius 1 is 0.941 bits per heavy atom. The van der Waals surface area contributed by atoms with Crippen molar-refractivity contribution in [3.63, 3.8) is 0 Å². The standard InChI is InChI=1S/C25H24ClNO6S/c1-18(28)33-17-24(20-6-4-3-5-7-20)27(34(30,31)23-14-12-22(26)13-15-23)16-19-8-10-21(11-9-19)25(29)32-2/h3-15,24H,16-17H2,1-2H3/t24-/m0/s1. The fourth-order valence-electron chi connectivity index (χ4n) is 3.37. The molecule has 7 nitrogen and oxygen atoms in total. The second-order valence-corrected chi connectivity index (χ2v) is 9.75. The molecule has 178 valence electrons. The number of hydrogen-bond donors (Lipinski definition) is 0. The maximum absolute atomic E-state index is 13.8. The van der Waals surface area contributed by atoms with Crippen LogP contribution in [-0.2, 0) is 30.8 Å². The zero-order chi connectivity index (χ0) is 24.7. The van der Waals surface area contributed by atoms with E-state index in [4.69, 9.17) is 21.1 Å². The summed E-state index contributed by atoms with van der Waals surface area (Å²) in [6, 6.07) is 20.5. The van der Waals surface area contributed by atoms with E-state index >= 15 is 0 Å². The van der Waals surface area contributed by atoms with Crippen LogP contribution in [0.15, 0.2) is 83.8 Å². The number of benzene rings is 3. The SMILES string of the molecule is COC(=O)c1ccc(CN([C@@H](COC(C)=O)c2ccccc2)S(=O)(=O)c2ccc(Cl)cc2)cc1. The molecule has 0 fully saturated rings. The van der Waals surface area contributed by atoms with Gasteiger partial charge in [0.25, 0.3) is 0 Å². The number of ether oxygens (including phenoxy) is 2. The third kappa shape index (κ3) is 6.22. The highest BCUT2D eigenvalue weighted by Crippen LogP contribution is 2.31. The lowest BCUT2D eigenvalue weighted by Crippen LogP contribution is -2.37. The first-order valence-corrected chi connectivity index (χ1v) is 12.2. The van der Waals surface area contributed by atoms with Gasteiger partial charge in [0.05, 0.1) is 23.6 Å². The van der Waals surface area contributed by atoms with E-state index in [1.165, 1.54) is 42.6 Å². The summed E-state index contributed by atoms with van der Waals surface area (Å²) >= 11 is 5.96. The molecule has 0 aliphatic rings. The molecule has 0 aliphatic heterocycles. The van der Waals surface area contributed by atoms with Crippen LogP contribution in [0.3, 0.4) is 0 Å². The lowest BCUT2D eigenvalue weighted by molar-refractivity contribution is -0.142. The summed E-state index contributed by atoms with van der Waals surface area (Å²) in [4.78, 5) is 23.4. The number of hydrogen-bond acceptors (Lipinski definition) is 6. The number of sulfonamides is 1. The summed E-state index contributed by atoms with van der Waals surface area (Å²) in [5.74, 6) is -1.01. The van der Waals surface area contributed by atoms with Gasteiger partial charge >= 0.3 is 11.9 Å². The third-order valence-corrected chi connectivity index (χ3v) is 7.23. The maximum Gasteiger partial charge on any atom is 0.337 e. The number of rotatable bonds is 9. The zero-order valence-corrected chi connectivity index (χ0v) is 20.3. The smallest absolute Gasteiger partial charge is 0.337 e. The van der Waals surface area contributed by atoms with Crippen LogP contribution in [0.1, 0.15) is 34.5 Å². The Balaban J connectivity index is 2.08. The van der Waals surface area contributed by atoms with Gasteiger partial charge in [0.15, 0.2) is 0 Å². The molecule has 1 atom stereocenters. The van der Waals surface area contributed by atoms with Crippen molar-refractivity contribution in [2.75, 3.05) is 13.7 Å². The molecule has 34 heavy (non-hydrogen) atoms. The van der Waals surface area contributed by atoms with Crippen LogP contribution >= 0.6 is 11.6 Å². The molecular formula is C25H24ClNO6S. The predicted octanol–water partition coefficient (Wildman–Crippen LogP) is 4.62. The summed E-state index contributed by atoms with van der Waals surface area (Å²) in [7, 11) is -2.76. The number of methoxy groups -OCH3 is 1. The Hall–Kier alpha value is -3.20. The van der Waals surface area contributed by atoms with Crippen LogP contribution in [0.5, 0.6) is 0 Å². The van der Waals surface area contributed by atoms with Gasteiger partial charge in [-0.05, 0) is 47.5 Å². The molecule has 0 aliphatic carbocycles. The minimum atomic E-state index is -4.05. The summed E-state index contributed by atoms with van der Waals surface area (Å²) in [5, 5.41) is 0.406. The summed E-state index contributed by atoms with van der Waals surface area (Å²) in [6.07, 6.45) is 0. The van der Waals surface area contributed by atoms with Crippen molar-refractivity contribution in [2.24, 2.45) is 0 Å². The van der Waals surface area contributed by atoms with Crippen LogP contribution in [-0.4, -0.2) is 38.4 Å². The molecule has 0 unspecified atom stereocenters. The van der Waals surface area contributed by atoms with Gasteiger partial charge in [-0.1, -0.05) is 54.1 Å². The van der Waals surface area contributed by atoms with Gasteiger partial charge in [-0.25, -0.2) is 13.2 Å². The second kappa shape index (κ2) is 11.3. The molecule has 3 aromatic carbocycles. The molecule has 0 spiro atoms. The van der Waals surface area contributed by atoms with E-state index < -0.39 is 28.0 Å². The lowest BCUT2D eigenvalue weighted by Gasteiger charge is -2.31. The normalized spacial score (nSPS) is 12.2. The first kappa shape index (κ1) is 25.4. The number of esters is 2. The molecule has 0 bridgehead atoms. The van der Waals surface area contributed by atoms with Crippen LogP contribution < -0.4 is 0 Å². The number of carbonyl (C=O) groups is 2. The van der Waals surface area contributed by atoms with Crippen molar-refractivity contribution in [3.05, 3.63) is 101 Å². The van der Waals surface area contributed by atoms with Crippen molar-refractivity contribution in [2.45, 2.75) is 24.4 Å². The second-order valence-electron chi connectivity index (χ2n) is 7.42. The average Bonchev–Trinajstić information content (AvgIpc) is 2.84. The predicted molar refractivity (Wildman–Crippen MR) is 128 cm³/mol. The molecular weight excluding hydrogens is 478 g/mol. The topological polar surface area (TPSA) is 90.0 Å². The molecule has 0 saturated heterocycles. The van der Waals surface area contributed by atoms with Crippen LogP contribution in [0.25, 0.3) is 0 Å². The number of nitrogens with zero attached hydrogens (tertiary/aromatic N) is 1. The average molecular weight is 502 g/mol. The molecule has 0 N–H and O–H groups in total. The molecule has 0 heterocycles. The van der Waals surface area contributed by atoms with Gasteiger partial charge in [-0.3, -0.25) is 4.79 Å². The maximum atomic E-state index is 13.8. The minimum absolute atomic E-state index is 0.0345. The summed E-state index contributed by atoms with van der Waals surface area (Å²) in [6.45, 7) is 1.06. The fourth-order valence-corrected chi connectivity index (χ4v) is 5.08. The van der Waals surface area contributed by atoms with Gasteiger partial charge in [-0.2, -0.15) is 4.31 Å². The van der Waals surface area contributed by atoms with Crippen molar-refractivity contribution < 1.29 is 27.5 Å². The Kier molecular flexibility index (Phi) is 8.44. The van der Waals surface area contributed by atoms with Crippen LogP contribution in [0, 0.1) is 0 Å². The molecule has 0 radical (unpaired) electrons. The number of carbonyl (C=O) groups excluding carboxylic acids is 2. The van der Waals surface area contributed by atoms with Crippen molar-refractivity contribution in [1.29, 1.82) is 0 Å². The van der Waals surface area contributed by atoms with E-state index in [1.54, 1.807) is 48.5 Å². The van der Waals surface area contributed by atoms with E-state index in [-0.39, 0.29) is 18.0 Å². The van der Waals surface area contributed by atoms with Crippen LogP contribution in [0.2, 0.25) is 5.02 Å². The third-order valence-electron chi connectivity index (χ3n) is 5.11. The largest absolute Gasteiger partial charge is 0.465 e. The molecule has 3 aromatic rings. The van der Waals surface area contributed by atoms with Gasteiger partial charge in [-0.15, -0.1) is 0 Å². The van der Waals surface area contributed by atoms with E-state index in [0.717, 1.165) is 0 Å². The molecule has 3 rings (SSSR count). The van der Waals surface area contributed by atoms with E-state index in [2.05, 4.69) is 0 Å². The van der Waals surface area contributed by atoms with Crippen molar-refractivity contribution >= 4 is 33.6 Å². The summed E-state index contributed by atoms with van der Waals surface area (Å²) in [5.41, 5.74) is 1.64. The Morgan fingerprint density at radius 3 is 2.12 bits per heavy atom. The highest BCUT2D eigenvalue weighted by molar-refractivity contribution is 7.89. The fraction of sp³-hybridized carbons (Fsp3) is 0.200. The van der Waals surface area contributed by atoms with Gasteiger partial charge < -0.3 is 9.47 Å². The highest BCUT2D eigenvalue weighted by atomic mass is 35.5. The monoisotopic (exact) mass is 501 g/mol. The zero-order valence-electron chi connectivity index (χ0n) is 18.7. The van der Waals surface area contributed by atoms with Gasteiger partial charge in [0.1, 0.15) is 6.61 Å². The summed E-state index contributed by atoms with van der Waals surface area (Å²) < 4.78 is 38.9. The van der Waals surface area contributed by atoms with Crippen LogP contribution in [0.4, 0.5) is 0 Å². The van der Waals surface area contributed by atoms with Gasteiger partial charge in [0.2, 0.25) is 10.0 Å². The first-order valence-electron chi connectivity index (χ1n) is 10.4. The Labute approximate surface area is 203 Å². The Morgan fingerprint density at radius 2 is 1.56 bits per heavy atom. The number of halogens is 1. The molecule has 0 aromatic heterocycles. The lowest BCUT2D eigenvalue weighted by atomic mass is 10.1. The minimum Gasteiger partial charge on any atom is -0.465 e.